The summed E-state index contributed by atoms with van der Waals surface area (Å²) in [6, 6.07) is 0. The van der Waals surface area contributed by atoms with Crippen molar-refractivity contribution in [1.82, 2.24) is 0 Å². The second-order valence-corrected chi connectivity index (χ2v) is 3.48. The normalized spacial score (nSPS) is 21.1. The number of thioether (sulfide) groups is 1. The lowest BCUT2D eigenvalue weighted by Gasteiger charge is -2.21. The molecule has 0 bridgehead atoms. The highest BCUT2D eigenvalue weighted by Crippen LogP contribution is 2.24. The minimum Gasteiger partial charge on any atom is -0.477 e. The largest absolute Gasteiger partial charge is 0.477 e. The van der Waals surface area contributed by atoms with Crippen molar-refractivity contribution in [3.63, 3.8) is 0 Å². The summed E-state index contributed by atoms with van der Waals surface area (Å²) >= 11 is 1.58. The minimum atomic E-state index is -1.36. The van der Waals surface area contributed by atoms with Gasteiger partial charge in [-0.1, -0.05) is 0 Å². The lowest BCUT2D eigenvalue weighted by molar-refractivity contribution is -0.201. The average molecular weight is 192 g/mol. The van der Waals surface area contributed by atoms with Gasteiger partial charge in [0.2, 0.25) is 0 Å². The Bertz CT molecular complexity index is 165. The van der Waals surface area contributed by atoms with Crippen molar-refractivity contribution in [2.24, 2.45) is 0 Å². The molecule has 1 aliphatic heterocycles. The van der Waals surface area contributed by atoms with E-state index in [1.807, 2.05) is 6.26 Å². The Labute approximate surface area is 75.2 Å². The summed E-state index contributed by atoms with van der Waals surface area (Å²) in [6.45, 7) is 0.751. The molecule has 0 atom stereocenters. The first kappa shape index (κ1) is 9.83. The maximum absolute atomic E-state index is 10.8. The molecule has 70 valence electrons. The fourth-order valence-corrected chi connectivity index (χ4v) is 1.54. The monoisotopic (exact) mass is 192 g/mol. The van der Waals surface area contributed by atoms with Gasteiger partial charge >= 0.3 is 5.97 Å². The first-order chi connectivity index (χ1) is 5.71. The summed E-state index contributed by atoms with van der Waals surface area (Å²) < 4.78 is 10.1. The number of carbonyl (C=O) groups is 1. The third-order valence-electron chi connectivity index (χ3n) is 1.71. The van der Waals surface area contributed by atoms with Crippen LogP contribution in [0, 0.1) is 0 Å². The Kier molecular flexibility index (Phi) is 3.37. The molecule has 0 aromatic heterocycles. The Balaban J connectivity index is 2.53. The van der Waals surface area contributed by atoms with Crippen LogP contribution in [-0.2, 0) is 14.3 Å². The van der Waals surface area contributed by atoms with Crippen LogP contribution < -0.4 is 0 Å². The van der Waals surface area contributed by atoms with E-state index in [1.165, 1.54) is 0 Å². The molecular formula is C7H12O4S. The molecule has 5 heteroatoms. The summed E-state index contributed by atoms with van der Waals surface area (Å²) in [6.07, 6.45) is 2.33. The van der Waals surface area contributed by atoms with Gasteiger partial charge in [0, 0.05) is 6.42 Å². The molecule has 1 saturated heterocycles. The Morgan fingerprint density at radius 1 is 1.58 bits per heavy atom. The molecular weight excluding hydrogens is 180 g/mol. The van der Waals surface area contributed by atoms with E-state index in [9.17, 15) is 4.79 Å². The van der Waals surface area contributed by atoms with Gasteiger partial charge in [-0.15, -0.1) is 0 Å². The van der Waals surface area contributed by atoms with E-state index in [1.54, 1.807) is 11.8 Å². The van der Waals surface area contributed by atoms with Crippen LogP contribution >= 0.6 is 11.8 Å². The fraction of sp³-hybridized carbons (Fsp3) is 0.857. The van der Waals surface area contributed by atoms with Crippen molar-refractivity contribution >= 4 is 17.7 Å². The van der Waals surface area contributed by atoms with Crippen LogP contribution in [0.4, 0.5) is 0 Å². The zero-order chi connectivity index (χ0) is 9.03. The summed E-state index contributed by atoms with van der Waals surface area (Å²) in [5.41, 5.74) is 0. The van der Waals surface area contributed by atoms with E-state index in [0.717, 1.165) is 5.75 Å². The second kappa shape index (κ2) is 4.11. The van der Waals surface area contributed by atoms with Gasteiger partial charge in [-0.3, -0.25) is 0 Å². The molecule has 1 N–H and O–H groups in total. The molecule has 0 unspecified atom stereocenters. The van der Waals surface area contributed by atoms with Gasteiger partial charge < -0.3 is 14.6 Å². The van der Waals surface area contributed by atoms with E-state index in [0.29, 0.717) is 19.6 Å². The van der Waals surface area contributed by atoms with Crippen molar-refractivity contribution in [2.75, 3.05) is 25.2 Å². The van der Waals surface area contributed by atoms with E-state index in [4.69, 9.17) is 14.6 Å². The van der Waals surface area contributed by atoms with Crippen molar-refractivity contribution in [2.45, 2.75) is 12.2 Å². The molecule has 12 heavy (non-hydrogen) atoms. The SMILES string of the molecule is CSCCC1(C(=O)O)OCCO1. The van der Waals surface area contributed by atoms with Crippen LogP contribution in [0.5, 0.6) is 0 Å². The third-order valence-corrected chi connectivity index (χ3v) is 2.33. The highest BCUT2D eigenvalue weighted by atomic mass is 32.2. The molecule has 0 spiro atoms. The lowest BCUT2D eigenvalue weighted by atomic mass is 10.2. The molecule has 0 radical (unpaired) electrons. The van der Waals surface area contributed by atoms with Gasteiger partial charge in [-0.2, -0.15) is 11.8 Å². The van der Waals surface area contributed by atoms with Gasteiger partial charge in [-0.25, -0.2) is 4.79 Å². The second-order valence-electron chi connectivity index (χ2n) is 2.50. The topological polar surface area (TPSA) is 55.8 Å². The maximum Gasteiger partial charge on any atom is 0.364 e. The average Bonchev–Trinajstić information content (AvgIpc) is 2.50. The number of carboxylic acid groups (broad SMARTS) is 1. The lowest BCUT2D eigenvalue weighted by Crippen LogP contribution is -2.40. The standard InChI is InChI=1S/C7H12O4S/c1-12-5-2-7(6(8)9)10-3-4-11-7/h2-5H2,1H3,(H,8,9). The van der Waals surface area contributed by atoms with E-state index >= 15 is 0 Å². The molecule has 1 aliphatic rings. The molecule has 1 rings (SSSR count). The van der Waals surface area contributed by atoms with Crippen LogP contribution in [0.2, 0.25) is 0 Å². The highest BCUT2D eigenvalue weighted by Gasteiger charge is 2.44. The van der Waals surface area contributed by atoms with Crippen LogP contribution in [0.15, 0.2) is 0 Å². The summed E-state index contributed by atoms with van der Waals surface area (Å²) in [7, 11) is 0. The first-order valence-corrected chi connectivity index (χ1v) is 5.11. The molecule has 0 aliphatic carbocycles. The highest BCUT2D eigenvalue weighted by molar-refractivity contribution is 7.98. The number of rotatable bonds is 4. The molecule has 0 aromatic rings. The number of hydrogen-bond donors (Lipinski definition) is 1. The summed E-state index contributed by atoms with van der Waals surface area (Å²) in [5, 5.41) is 8.83. The van der Waals surface area contributed by atoms with Crippen LogP contribution in [0.1, 0.15) is 6.42 Å². The van der Waals surface area contributed by atoms with E-state index in [2.05, 4.69) is 0 Å². The molecule has 0 amide bonds. The number of hydrogen-bond acceptors (Lipinski definition) is 4. The van der Waals surface area contributed by atoms with Gasteiger partial charge in [0.1, 0.15) is 0 Å². The van der Waals surface area contributed by atoms with Gasteiger partial charge in [-0.05, 0) is 12.0 Å². The van der Waals surface area contributed by atoms with E-state index in [-0.39, 0.29) is 0 Å². The number of carboxylic acids is 1. The van der Waals surface area contributed by atoms with Crippen molar-refractivity contribution in [1.29, 1.82) is 0 Å². The van der Waals surface area contributed by atoms with Crippen molar-refractivity contribution in [3.8, 4) is 0 Å². The predicted octanol–water partition coefficient (Wildman–Crippen LogP) is 0.567. The van der Waals surface area contributed by atoms with Gasteiger partial charge in [0.15, 0.2) is 0 Å². The first-order valence-electron chi connectivity index (χ1n) is 3.71. The van der Waals surface area contributed by atoms with Crippen LogP contribution in [-0.4, -0.2) is 42.1 Å². The predicted molar refractivity (Wildman–Crippen MR) is 45.3 cm³/mol. The summed E-state index contributed by atoms with van der Waals surface area (Å²) in [5.74, 6) is -1.65. The molecule has 0 aromatic carbocycles. The van der Waals surface area contributed by atoms with Gasteiger partial charge in [0.05, 0.1) is 13.2 Å². The maximum atomic E-state index is 10.8. The molecule has 1 heterocycles. The van der Waals surface area contributed by atoms with Crippen molar-refractivity contribution < 1.29 is 19.4 Å². The fourth-order valence-electron chi connectivity index (χ4n) is 1.07. The zero-order valence-electron chi connectivity index (χ0n) is 6.91. The van der Waals surface area contributed by atoms with Crippen LogP contribution in [0.3, 0.4) is 0 Å². The number of ether oxygens (including phenoxy) is 2. The van der Waals surface area contributed by atoms with E-state index < -0.39 is 11.8 Å². The Hall–Kier alpha value is -0.260. The Morgan fingerprint density at radius 3 is 2.58 bits per heavy atom. The van der Waals surface area contributed by atoms with Crippen molar-refractivity contribution in [3.05, 3.63) is 0 Å². The smallest absolute Gasteiger partial charge is 0.364 e. The van der Waals surface area contributed by atoms with Gasteiger partial charge in [0.25, 0.3) is 5.79 Å². The minimum absolute atomic E-state index is 0.376. The quantitative estimate of drug-likeness (QED) is 0.705. The van der Waals surface area contributed by atoms with Crippen LogP contribution in [0.25, 0.3) is 0 Å². The zero-order valence-corrected chi connectivity index (χ0v) is 7.73. The molecule has 1 fully saturated rings. The Morgan fingerprint density at radius 2 is 2.17 bits per heavy atom. The number of aliphatic carboxylic acids is 1. The molecule has 0 saturated carbocycles. The summed E-state index contributed by atoms with van der Waals surface area (Å²) in [4.78, 5) is 10.8. The molecule has 4 nitrogen and oxygen atoms in total. The third kappa shape index (κ3) is 1.91.